The predicted molar refractivity (Wildman–Crippen MR) is 76.5 cm³/mol. The highest BCUT2D eigenvalue weighted by Gasteiger charge is 2.02. The quantitative estimate of drug-likeness (QED) is 0.684. The Labute approximate surface area is 112 Å². The van der Waals surface area contributed by atoms with E-state index in [1.54, 1.807) is 0 Å². The number of pyridine rings is 1. The summed E-state index contributed by atoms with van der Waals surface area (Å²) in [6.07, 6.45) is 0.441. The monoisotopic (exact) mass is 244 g/mol. The van der Waals surface area contributed by atoms with Crippen molar-refractivity contribution in [2.75, 3.05) is 0 Å². The van der Waals surface area contributed by atoms with Crippen molar-refractivity contribution in [1.82, 2.24) is 4.98 Å². The minimum Gasteiger partial charge on any atom is -0.248 e. The lowest BCUT2D eigenvalue weighted by molar-refractivity contribution is 1.27. The lowest BCUT2D eigenvalue weighted by atomic mass is 10.1. The molecule has 0 spiro atoms. The van der Waals surface area contributed by atoms with Gasteiger partial charge in [-0.05, 0) is 23.8 Å². The van der Waals surface area contributed by atoms with Crippen LogP contribution in [0.4, 0.5) is 0 Å². The van der Waals surface area contributed by atoms with E-state index in [4.69, 9.17) is 5.26 Å². The number of hydrogen-bond donors (Lipinski definition) is 0. The first-order chi connectivity index (χ1) is 9.36. The van der Waals surface area contributed by atoms with Crippen molar-refractivity contribution in [1.29, 1.82) is 5.26 Å². The maximum atomic E-state index is 8.72. The summed E-state index contributed by atoms with van der Waals surface area (Å²) in [6, 6.07) is 22.4. The zero-order valence-electron chi connectivity index (χ0n) is 10.4. The van der Waals surface area contributed by atoms with E-state index in [0.29, 0.717) is 6.42 Å². The fourth-order valence-corrected chi connectivity index (χ4v) is 2.15. The molecule has 3 rings (SSSR count). The molecule has 2 aromatic carbocycles. The van der Waals surface area contributed by atoms with Crippen LogP contribution >= 0.6 is 0 Å². The van der Waals surface area contributed by atoms with Gasteiger partial charge in [-0.1, -0.05) is 42.5 Å². The van der Waals surface area contributed by atoms with E-state index in [0.717, 1.165) is 27.7 Å². The van der Waals surface area contributed by atoms with Gasteiger partial charge in [-0.25, -0.2) is 4.98 Å². The molecule has 0 saturated carbocycles. The molecule has 0 aliphatic rings. The van der Waals surface area contributed by atoms with Crippen LogP contribution in [0.5, 0.6) is 0 Å². The number of aromatic nitrogens is 1. The van der Waals surface area contributed by atoms with Gasteiger partial charge in [0, 0.05) is 10.9 Å². The van der Waals surface area contributed by atoms with Crippen LogP contribution < -0.4 is 0 Å². The first kappa shape index (κ1) is 11.4. The summed E-state index contributed by atoms with van der Waals surface area (Å²) in [5, 5.41) is 9.80. The molecule has 0 aliphatic carbocycles. The highest BCUT2D eigenvalue weighted by atomic mass is 14.7. The minimum absolute atomic E-state index is 0.441. The maximum absolute atomic E-state index is 8.72. The molecule has 0 unspecified atom stereocenters. The molecular weight excluding hydrogens is 232 g/mol. The van der Waals surface area contributed by atoms with Crippen LogP contribution in [0.3, 0.4) is 0 Å². The fourth-order valence-electron chi connectivity index (χ4n) is 2.15. The Morgan fingerprint density at radius 1 is 0.947 bits per heavy atom. The zero-order chi connectivity index (χ0) is 13.1. The Bertz CT molecular complexity index is 755. The van der Waals surface area contributed by atoms with Crippen molar-refractivity contribution < 1.29 is 0 Å². The van der Waals surface area contributed by atoms with Crippen LogP contribution in [0.1, 0.15) is 5.56 Å². The zero-order valence-corrected chi connectivity index (χ0v) is 10.4. The summed E-state index contributed by atoms with van der Waals surface area (Å²) in [5.41, 5.74) is 4.08. The van der Waals surface area contributed by atoms with E-state index >= 15 is 0 Å². The van der Waals surface area contributed by atoms with Crippen LogP contribution in [-0.2, 0) is 6.42 Å². The molecule has 0 radical (unpaired) electrons. The number of rotatable bonds is 2. The average molecular weight is 244 g/mol. The molecular formula is C17H12N2. The normalized spacial score (nSPS) is 10.3. The SMILES string of the molecule is N#CCc1ccc2nc(-c3ccccc3)ccc2c1. The van der Waals surface area contributed by atoms with Crippen LogP contribution in [-0.4, -0.2) is 4.98 Å². The molecule has 3 aromatic rings. The molecule has 90 valence electrons. The minimum atomic E-state index is 0.441. The Balaban J connectivity index is 2.08. The first-order valence-electron chi connectivity index (χ1n) is 6.19. The molecule has 0 saturated heterocycles. The molecule has 2 nitrogen and oxygen atoms in total. The molecule has 0 fully saturated rings. The largest absolute Gasteiger partial charge is 0.248 e. The van der Waals surface area contributed by atoms with Crippen LogP contribution in [0.25, 0.3) is 22.2 Å². The Morgan fingerprint density at radius 3 is 2.58 bits per heavy atom. The van der Waals surface area contributed by atoms with Gasteiger partial charge in [-0.2, -0.15) is 5.26 Å². The van der Waals surface area contributed by atoms with Crippen LogP contribution in [0.15, 0.2) is 60.7 Å². The lowest BCUT2D eigenvalue weighted by Gasteiger charge is -2.04. The Hall–Kier alpha value is -2.66. The molecule has 1 aromatic heterocycles. The molecule has 0 bridgehead atoms. The molecule has 0 atom stereocenters. The van der Waals surface area contributed by atoms with Gasteiger partial charge in [-0.3, -0.25) is 0 Å². The third-order valence-corrected chi connectivity index (χ3v) is 3.11. The highest BCUT2D eigenvalue weighted by Crippen LogP contribution is 2.21. The Morgan fingerprint density at radius 2 is 1.79 bits per heavy atom. The topological polar surface area (TPSA) is 36.7 Å². The van der Waals surface area contributed by atoms with Gasteiger partial charge >= 0.3 is 0 Å². The maximum Gasteiger partial charge on any atom is 0.0709 e. The van der Waals surface area contributed by atoms with Gasteiger partial charge in [0.15, 0.2) is 0 Å². The summed E-state index contributed by atoms with van der Waals surface area (Å²) >= 11 is 0. The number of nitrogens with zero attached hydrogens (tertiary/aromatic N) is 2. The number of benzene rings is 2. The van der Waals surface area contributed by atoms with Crippen molar-refractivity contribution >= 4 is 10.9 Å². The van der Waals surface area contributed by atoms with Gasteiger partial charge in [0.1, 0.15) is 0 Å². The van der Waals surface area contributed by atoms with Gasteiger partial charge in [0.2, 0.25) is 0 Å². The molecule has 0 amide bonds. The van der Waals surface area contributed by atoms with Gasteiger partial charge in [-0.15, -0.1) is 0 Å². The molecule has 1 heterocycles. The fraction of sp³-hybridized carbons (Fsp3) is 0.0588. The van der Waals surface area contributed by atoms with Crippen molar-refractivity contribution in [3.63, 3.8) is 0 Å². The highest BCUT2D eigenvalue weighted by molar-refractivity contribution is 5.82. The van der Waals surface area contributed by atoms with Crippen molar-refractivity contribution in [3.8, 4) is 17.3 Å². The number of nitriles is 1. The van der Waals surface area contributed by atoms with E-state index in [2.05, 4.69) is 29.3 Å². The second-order valence-corrected chi connectivity index (χ2v) is 4.42. The van der Waals surface area contributed by atoms with E-state index in [-0.39, 0.29) is 0 Å². The van der Waals surface area contributed by atoms with Crippen molar-refractivity contribution in [2.45, 2.75) is 6.42 Å². The van der Waals surface area contributed by atoms with Crippen LogP contribution in [0, 0.1) is 11.3 Å². The number of hydrogen-bond acceptors (Lipinski definition) is 2. The van der Waals surface area contributed by atoms with E-state index in [1.807, 2.05) is 42.5 Å². The van der Waals surface area contributed by atoms with E-state index in [9.17, 15) is 0 Å². The van der Waals surface area contributed by atoms with E-state index in [1.165, 1.54) is 0 Å². The molecule has 2 heteroatoms. The summed E-state index contributed by atoms with van der Waals surface area (Å²) in [5.74, 6) is 0. The standard InChI is InChI=1S/C17H12N2/c18-11-10-13-6-8-17-15(12-13)7-9-16(19-17)14-4-2-1-3-5-14/h1-9,12H,10H2. The van der Waals surface area contributed by atoms with Gasteiger partial charge in [0.25, 0.3) is 0 Å². The number of fused-ring (bicyclic) bond motifs is 1. The second-order valence-electron chi connectivity index (χ2n) is 4.42. The summed E-state index contributed by atoms with van der Waals surface area (Å²) in [6.45, 7) is 0. The lowest BCUT2D eigenvalue weighted by Crippen LogP contribution is -1.87. The van der Waals surface area contributed by atoms with Crippen LogP contribution in [0.2, 0.25) is 0 Å². The first-order valence-corrected chi connectivity index (χ1v) is 6.19. The van der Waals surface area contributed by atoms with Gasteiger partial charge in [0.05, 0.1) is 23.7 Å². The van der Waals surface area contributed by atoms with Crippen molar-refractivity contribution in [3.05, 3.63) is 66.2 Å². The van der Waals surface area contributed by atoms with Crippen molar-refractivity contribution in [2.24, 2.45) is 0 Å². The van der Waals surface area contributed by atoms with Gasteiger partial charge < -0.3 is 0 Å². The molecule has 0 aliphatic heterocycles. The second kappa shape index (κ2) is 4.91. The average Bonchev–Trinajstić information content (AvgIpc) is 2.48. The summed E-state index contributed by atoms with van der Waals surface area (Å²) < 4.78 is 0. The third-order valence-electron chi connectivity index (χ3n) is 3.11. The Kier molecular flexibility index (Phi) is 2.96. The third kappa shape index (κ3) is 2.31. The summed E-state index contributed by atoms with van der Waals surface area (Å²) in [7, 11) is 0. The molecule has 19 heavy (non-hydrogen) atoms. The smallest absolute Gasteiger partial charge is 0.0709 e. The predicted octanol–water partition coefficient (Wildman–Crippen LogP) is 3.97. The van der Waals surface area contributed by atoms with E-state index < -0.39 is 0 Å². The molecule has 0 N–H and O–H groups in total. The summed E-state index contributed by atoms with van der Waals surface area (Å²) in [4.78, 5) is 4.66.